The van der Waals surface area contributed by atoms with E-state index < -0.39 is 0 Å². The summed E-state index contributed by atoms with van der Waals surface area (Å²) >= 11 is 5.74. The molecule has 1 aromatic rings. The molecule has 0 heterocycles. The first-order valence-corrected chi connectivity index (χ1v) is 6.35. The maximum atomic E-state index is 13.5. The Bertz CT molecular complexity index is 340. The van der Waals surface area contributed by atoms with Crippen LogP contribution >= 0.6 is 11.6 Å². The van der Waals surface area contributed by atoms with Gasteiger partial charge in [-0.1, -0.05) is 13.0 Å². The van der Waals surface area contributed by atoms with E-state index in [4.69, 9.17) is 16.3 Å². The Morgan fingerprint density at radius 3 is 2.65 bits per heavy atom. The van der Waals surface area contributed by atoms with E-state index in [0.29, 0.717) is 5.88 Å². The van der Waals surface area contributed by atoms with Gasteiger partial charge in [-0.3, -0.25) is 4.90 Å². The first-order valence-electron chi connectivity index (χ1n) is 5.82. The highest BCUT2D eigenvalue weighted by atomic mass is 35.5. The smallest absolute Gasteiger partial charge is 0.165 e. The van der Waals surface area contributed by atoms with Crippen LogP contribution in [0.4, 0.5) is 4.39 Å². The molecule has 0 saturated heterocycles. The number of methoxy groups -OCH3 is 1. The minimum absolute atomic E-state index is 0.285. The standard InChI is InChI=1S/C13H19ClFNO/c1-3-7-16(8-6-14)10-11-4-5-13(17-2)12(15)9-11/h4-5,9H,3,6-8,10H2,1-2H3. The molecule has 0 saturated carbocycles. The van der Waals surface area contributed by atoms with Crippen molar-refractivity contribution in [2.75, 3.05) is 26.1 Å². The van der Waals surface area contributed by atoms with Crippen molar-refractivity contribution < 1.29 is 9.13 Å². The minimum atomic E-state index is -0.313. The van der Waals surface area contributed by atoms with Crippen LogP contribution in [0.15, 0.2) is 18.2 Å². The van der Waals surface area contributed by atoms with Crippen molar-refractivity contribution in [3.05, 3.63) is 29.6 Å². The number of hydrogen-bond acceptors (Lipinski definition) is 2. The van der Waals surface area contributed by atoms with Crippen LogP contribution in [0.2, 0.25) is 0 Å². The molecule has 0 unspecified atom stereocenters. The molecule has 0 aliphatic rings. The number of rotatable bonds is 7. The van der Waals surface area contributed by atoms with Crippen LogP contribution in [0.25, 0.3) is 0 Å². The number of benzene rings is 1. The van der Waals surface area contributed by atoms with Crippen molar-refractivity contribution in [2.24, 2.45) is 0 Å². The van der Waals surface area contributed by atoms with E-state index in [1.165, 1.54) is 13.2 Å². The third kappa shape index (κ3) is 4.52. The number of alkyl halides is 1. The van der Waals surface area contributed by atoms with Crippen molar-refractivity contribution in [3.8, 4) is 5.75 Å². The second-order valence-electron chi connectivity index (χ2n) is 3.93. The SMILES string of the molecule is CCCN(CCCl)Cc1ccc(OC)c(F)c1. The Morgan fingerprint density at radius 1 is 1.35 bits per heavy atom. The largest absolute Gasteiger partial charge is 0.494 e. The predicted molar refractivity (Wildman–Crippen MR) is 69.2 cm³/mol. The fourth-order valence-corrected chi connectivity index (χ4v) is 2.01. The lowest BCUT2D eigenvalue weighted by Gasteiger charge is -2.20. The summed E-state index contributed by atoms with van der Waals surface area (Å²) in [6.07, 6.45) is 1.07. The Balaban J connectivity index is 2.68. The lowest BCUT2D eigenvalue weighted by Crippen LogP contribution is -2.26. The van der Waals surface area contributed by atoms with Gasteiger partial charge in [0.1, 0.15) is 0 Å². The molecule has 0 radical (unpaired) electrons. The second kappa shape index (κ2) is 7.51. The van der Waals surface area contributed by atoms with Gasteiger partial charge < -0.3 is 4.74 Å². The van der Waals surface area contributed by atoms with E-state index in [-0.39, 0.29) is 11.6 Å². The highest BCUT2D eigenvalue weighted by molar-refractivity contribution is 6.18. The number of halogens is 2. The molecular formula is C13H19ClFNO. The van der Waals surface area contributed by atoms with E-state index in [0.717, 1.165) is 31.6 Å². The van der Waals surface area contributed by atoms with E-state index in [1.807, 2.05) is 6.07 Å². The monoisotopic (exact) mass is 259 g/mol. The van der Waals surface area contributed by atoms with Crippen LogP contribution in [0.1, 0.15) is 18.9 Å². The summed E-state index contributed by atoms with van der Waals surface area (Å²) in [4.78, 5) is 2.22. The van der Waals surface area contributed by atoms with Crippen molar-refractivity contribution in [3.63, 3.8) is 0 Å². The van der Waals surface area contributed by atoms with E-state index in [1.54, 1.807) is 6.07 Å². The highest BCUT2D eigenvalue weighted by Crippen LogP contribution is 2.18. The maximum Gasteiger partial charge on any atom is 0.165 e. The lowest BCUT2D eigenvalue weighted by atomic mass is 10.2. The van der Waals surface area contributed by atoms with Crippen LogP contribution in [0.3, 0.4) is 0 Å². The van der Waals surface area contributed by atoms with Gasteiger partial charge in [0.2, 0.25) is 0 Å². The Labute approximate surface area is 107 Å². The summed E-state index contributed by atoms with van der Waals surface area (Å²) in [5.41, 5.74) is 0.946. The maximum absolute atomic E-state index is 13.5. The van der Waals surface area contributed by atoms with E-state index in [2.05, 4.69) is 11.8 Å². The molecule has 0 aliphatic carbocycles. The quantitative estimate of drug-likeness (QED) is 0.697. The van der Waals surface area contributed by atoms with Gasteiger partial charge in [-0.15, -0.1) is 11.6 Å². The average molecular weight is 260 g/mol. The van der Waals surface area contributed by atoms with Gasteiger partial charge >= 0.3 is 0 Å². The molecule has 2 nitrogen and oxygen atoms in total. The molecule has 96 valence electrons. The second-order valence-corrected chi connectivity index (χ2v) is 4.31. The number of nitrogens with zero attached hydrogens (tertiary/aromatic N) is 1. The topological polar surface area (TPSA) is 12.5 Å². The molecule has 0 aliphatic heterocycles. The van der Waals surface area contributed by atoms with Gasteiger partial charge in [0.15, 0.2) is 11.6 Å². The molecular weight excluding hydrogens is 241 g/mol. The Morgan fingerprint density at radius 2 is 2.12 bits per heavy atom. The van der Waals surface area contributed by atoms with E-state index in [9.17, 15) is 4.39 Å². The van der Waals surface area contributed by atoms with Crippen LogP contribution in [0.5, 0.6) is 5.75 Å². The zero-order chi connectivity index (χ0) is 12.7. The molecule has 0 aromatic heterocycles. The molecule has 17 heavy (non-hydrogen) atoms. The Hall–Kier alpha value is -0.800. The molecule has 0 fully saturated rings. The van der Waals surface area contributed by atoms with Crippen molar-refractivity contribution in [2.45, 2.75) is 19.9 Å². The van der Waals surface area contributed by atoms with Gasteiger partial charge in [0, 0.05) is 19.0 Å². The fraction of sp³-hybridized carbons (Fsp3) is 0.538. The summed E-state index contributed by atoms with van der Waals surface area (Å²) in [6, 6.07) is 5.07. The molecule has 1 aromatic carbocycles. The van der Waals surface area contributed by atoms with Gasteiger partial charge in [0.05, 0.1) is 7.11 Å². The zero-order valence-electron chi connectivity index (χ0n) is 10.4. The predicted octanol–water partition coefficient (Wildman–Crippen LogP) is 3.29. The zero-order valence-corrected chi connectivity index (χ0v) is 11.1. The van der Waals surface area contributed by atoms with Crippen LogP contribution in [-0.2, 0) is 6.54 Å². The third-order valence-electron chi connectivity index (χ3n) is 2.56. The summed E-state index contributed by atoms with van der Waals surface area (Å²) in [7, 11) is 1.47. The first kappa shape index (κ1) is 14.3. The molecule has 1 rings (SSSR count). The average Bonchev–Trinajstić information content (AvgIpc) is 2.30. The van der Waals surface area contributed by atoms with Crippen molar-refractivity contribution in [1.29, 1.82) is 0 Å². The van der Waals surface area contributed by atoms with Crippen LogP contribution in [0, 0.1) is 5.82 Å². The van der Waals surface area contributed by atoms with E-state index >= 15 is 0 Å². The highest BCUT2D eigenvalue weighted by Gasteiger charge is 2.07. The number of ether oxygens (including phenoxy) is 1. The van der Waals surface area contributed by atoms with Gasteiger partial charge in [0.25, 0.3) is 0 Å². The van der Waals surface area contributed by atoms with Crippen LogP contribution < -0.4 is 4.74 Å². The Kier molecular flexibility index (Phi) is 6.30. The molecule has 0 spiro atoms. The van der Waals surface area contributed by atoms with Crippen molar-refractivity contribution in [1.82, 2.24) is 4.90 Å². The molecule has 0 bridgehead atoms. The summed E-state index contributed by atoms with van der Waals surface area (Å²) < 4.78 is 18.4. The van der Waals surface area contributed by atoms with Gasteiger partial charge in [-0.05, 0) is 30.7 Å². The van der Waals surface area contributed by atoms with Crippen LogP contribution in [-0.4, -0.2) is 31.0 Å². The summed E-state index contributed by atoms with van der Waals surface area (Å²) in [5, 5.41) is 0. The minimum Gasteiger partial charge on any atom is -0.494 e. The molecule has 4 heteroatoms. The fourth-order valence-electron chi connectivity index (χ4n) is 1.77. The molecule has 0 atom stereocenters. The third-order valence-corrected chi connectivity index (χ3v) is 2.73. The molecule has 0 N–H and O–H groups in total. The number of hydrogen-bond donors (Lipinski definition) is 0. The summed E-state index contributed by atoms with van der Waals surface area (Å²) in [5.74, 6) is 0.569. The van der Waals surface area contributed by atoms with Gasteiger partial charge in [-0.25, -0.2) is 4.39 Å². The lowest BCUT2D eigenvalue weighted by molar-refractivity contribution is 0.281. The summed E-state index contributed by atoms with van der Waals surface area (Å²) in [6.45, 7) is 4.64. The molecule has 0 amide bonds. The first-order chi connectivity index (χ1) is 8.21. The van der Waals surface area contributed by atoms with Gasteiger partial charge in [-0.2, -0.15) is 0 Å². The normalized spacial score (nSPS) is 10.9. The van der Waals surface area contributed by atoms with Crippen molar-refractivity contribution >= 4 is 11.6 Å².